The van der Waals surface area contributed by atoms with Crippen LogP contribution in [0.5, 0.6) is 0 Å². The molecular formula is C15H26. The van der Waals surface area contributed by atoms with Crippen LogP contribution in [-0.4, -0.2) is 0 Å². The van der Waals surface area contributed by atoms with Crippen LogP contribution in [-0.2, 0) is 0 Å². The predicted molar refractivity (Wildman–Crippen MR) is 71.1 cm³/mol. The molecule has 0 aliphatic heterocycles. The first-order chi connectivity index (χ1) is 7.41. The van der Waals surface area contributed by atoms with Gasteiger partial charge in [-0.05, 0) is 19.3 Å². The van der Waals surface area contributed by atoms with E-state index in [1.807, 2.05) is 0 Å². The van der Waals surface area contributed by atoms with E-state index in [0.717, 1.165) is 6.42 Å². The fourth-order valence-corrected chi connectivity index (χ4v) is 1.38. The summed E-state index contributed by atoms with van der Waals surface area (Å²) in [6.45, 7) is 4.41. The second-order valence-electron chi connectivity index (χ2n) is 3.85. The molecule has 0 rings (SSSR count). The smallest absolute Gasteiger partial charge is 0.0348 e. The fourth-order valence-electron chi connectivity index (χ4n) is 1.38. The molecule has 0 spiro atoms. The summed E-state index contributed by atoms with van der Waals surface area (Å²) in [6, 6.07) is 0. The summed E-state index contributed by atoms with van der Waals surface area (Å²) in [5.74, 6) is 0. The van der Waals surface area contributed by atoms with Gasteiger partial charge in [-0.3, -0.25) is 0 Å². The topological polar surface area (TPSA) is 0 Å². The zero-order valence-electron chi connectivity index (χ0n) is 10.4. The van der Waals surface area contributed by atoms with E-state index in [0.29, 0.717) is 0 Å². The maximum absolute atomic E-state index is 2.27. The number of rotatable bonds is 9. The van der Waals surface area contributed by atoms with Crippen molar-refractivity contribution >= 4 is 0 Å². The molecule has 0 fully saturated rings. The van der Waals surface area contributed by atoms with Crippen LogP contribution in [0.2, 0.25) is 0 Å². The van der Waals surface area contributed by atoms with E-state index in [-0.39, 0.29) is 0 Å². The maximum Gasteiger partial charge on any atom is -0.0348 e. The molecule has 0 bridgehead atoms. The molecule has 0 aromatic rings. The molecule has 0 N–H and O–H groups in total. The average molecular weight is 206 g/mol. The first kappa shape index (κ1) is 14.2. The zero-order chi connectivity index (χ0) is 11.2. The highest BCUT2D eigenvalue weighted by Crippen LogP contribution is 2.05. The molecule has 0 unspecified atom stereocenters. The number of allylic oxidation sites excluding steroid dienone is 6. The molecule has 0 saturated carbocycles. The van der Waals surface area contributed by atoms with Crippen molar-refractivity contribution in [3.63, 3.8) is 0 Å². The SMILES string of the molecule is CCC=CC=CC=CCCCCCCC. The van der Waals surface area contributed by atoms with Gasteiger partial charge in [-0.15, -0.1) is 0 Å². The lowest BCUT2D eigenvalue weighted by Crippen LogP contribution is -1.75. The van der Waals surface area contributed by atoms with Gasteiger partial charge in [-0.25, -0.2) is 0 Å². The molecule has 0 heteroatoms. The summed E-state index contributed by atoms with van der Waals surface area (Å²) in [4.78, 5) is 0. The summed E-state index contributed by atoms with van der Waals surface area (Å²) < 4.78 is 0. The minimum atomic E-state index is 1.12. The van der Waals surface area contributed by atoms with Crippen molar-refractivity contribution in [1.82, 2.24) is 0 Å². The van der Waals surface area contributed by atoms with Crippen molar-refractivity contribution in [2.75, 3.05) is 0 Å². The highest BCUT2D eigenvalue weighted by Gasteiger charge is 1.85. The Morgan fingerprint density at radius 1 is 0.667 bits per heavy atom. The molecule has 0 aromatic heterocycles. The Hall–Kier alpha value is -0.780. The van der Waals surface area contributed by atoms with Crippen LogP contribution in [0.3, 0.4) is 0 Å². The largest absolute Gasteiger partial charge is 0.0848 e. The standard InChI is InChI=1S/C15H26/c1-3-5-7-9-11-13-15-14-12-10-8-6-4-2/h5,7,9,11,13,15H,3-4,6,8,10,12,14H2,1-2H3. The highest BCUT2D eigenvalue weighted by atomic mass is 13.9. The second kappa shape index (κ2) is 13.2. The van der Waals surface area contributed by atoms with Crippen molar-refractivity contribution < 1.29 is 0 Å². The molecule has 0 amide bonds. The third-order valence-electron chi connectivity index (χ3n) is 2.32. The minimum absolute atomic E-state index is 1.12. The van der Waals surface area contributed by atoms with E-state index in [1.54, 1.807) is 0 Å². The lowest BCUT2D eigenvalue weighted by Gasteiger charge is -1.95. The molecular weight excluding hydrogens is 180 g/mol. The van der Waals surface area contributed by atoms with Crippen molar-refractivity contribution in [1.29, 1.82) is 0 Å². The van der Waals surface area contributed by atoms with Crippen LogP contribution < -0.4 is 0 Å². The Kier molecular flexibility index (Phi) is 12.5. The van der Waals surface area contributed by atoms with E-state index >= 15 is 0 Å². The van der Waals surface area contributed by atoms with E-state index in [2.05, 4.69) is 50.3 Å². The van der Waals surface area contributed by atoms with E-state index in [4.69, 9.17) is 0 Å². The molecule has 0 nitrogen and oxygen atoms in total. The Balaban J connectivity index is 3.23. The Bertz CT molecular complexity index is 184. The molecule has 0 aromatic carbocycles. The number of hydrogen-bond donors (Lipinski definition) is 0. The van der Waals surface area contributed by atoms with Crippen LogP contribution in [0.25, 0.3) is 0 Å². The maximum atomic E-state index is 2.27. The van der Waals surface area contributed by atoms with E-state index in [9.17, 15) is 0 Å². The summed E-state index contributed by atoms with van der Waals surface area (Å²) in [5.41, 5.74) is 0. The van der Waals surface area contributed by atoms with Gasteiger partial charge in [0.1, 0.15) is 0 Å². The summed E-state index contributed by atoms with van der Waals surface area (Å²) in [6.07, 6.45) is 22.1. The summed E-state index contributed by atoms with van der Waals surface area (Å²) >= 11 is 0. The van der Waals surface area contributed by atoms with E-state index in [1.165, 1.54) is 38.5 Å². The second-order valence-corrected chi connectivity index (χ2v) is 3.85. The van der Waals surface area contributed by atoms with Crippen LogP contribution >= 0.6 is 0 Å². The monoisotopic (exact) mass is 206 g/mol. The van der Waals surface area contributed by atoms with Gasteiger partial charge in [0.15, 0.2) is 0 Å². The molecule has 0 saturated heterocycles. The molecule has 0 aliphatic carbocycles. The molecule has 0 aliphatic rings. The third-order valence-corrected chi connectivity index (χ3v) is 2.32. The fraction of sp³-hybridized carbons (Fsp3) is 0.600. The third kappa shape index (κ3) is 13.2. The van der Waals surface area contributed by atoms with Crippen molar-refractivity contribution in [2.45, 2.75) is 58.8 Å². The van der Waals surface area contributed by atoms with Crippen molar-refractivity contribution in [3.8, 4) is 0 Å². The summed E-state index contributed by atoms with van der Waals surface area (Å²) in [5, 5.41) is 0. The van der Waals surface area contributed by atoms with Gasteiger partial charge in [0.25, 0.3) is 0 Å². The first-order valence-electron chi connectivity index (χ1n) is 6.40. The van der Waals surface area contributed by atoms with Gasteiger partial charge in [0, 0.05) is 0 Å². The van der Waals surface area contributed by atoms with Crippen molar-refractivity contribution in [2.24, 2.45) is 0 Å². The van der Waals surface area contributed by atoms with Crippen LogP contribution in [0, 0.1) is 0 Å². The molecule has 86 valence electrons. The van der Waals surface area contributed by atoms with Gasteiger partial charge in [-0.2, -0.15) is 0 Å². The summed E-state index contributed by atoms with van der Waals surface area (Å²) in [7, 11) is 0. The Morgan fingerprint density at radius 2 is 1.33 bits per heavy atom. The lowest BCUT2D eigenvalue weighted by atomic mass is 10.1. The van der Waals surface area contributed by atoms with Crippen molar-refractivity contribution in [3.05, 3.63) is 36.5 Å². The van der Waals surface area contributed by atoms with Gasteiger partial charge < -0.3 is 0 Å². The van der Waals surface area contributed by atoms with Crippen LogP contribution in [0.1, 0.15) is 58.8 Å². The number of hydrogen-bond acceptors (Lipinski definition) is 0. The highest BCUT2D eigenvalue weighted by molar-refractivity contribution is 5.10. The Morgan fingerprint density at radius 3 is 2.00 bits per heavy atom. The molecule has 15 heavy (non-hydrogen) atoms. The van der Waals surface area contributed by atoms with E-state index < -0.39 is 0 Å². The van der Waals surface area contributed by atoms with Crippen LogP contribution in [0.4, 0.5) is 0 Å². The average Bonchev–Trinajstić information content (AvgIpc) is 2.26. The lowest BCUT2D eigenvalue weighted by molar-refractivity contribution is 0.637. The molecule has 0 atom stereocenters. The van der Waals surface area contributed by atoms with Crippen LogP contribution in [0.15, 0.2) is 36.5 Å². The quantitative estimate of drug-likeness (QED) is 0.349. The minimum Gasteiger partial charge on any atom is -0.0848 e. The first-order valence-corrected chi connectivity index (χ1v) is 6.40. The van der Waals surface area contributed by atoms with Gasteiger partial charge in [0.05, 0.1) is 0 Å². The Labute approximate surface area is 95.8 Å². The van der Waals surface area contributed by atoms with Gasteiger partial charge in [-0.1, -0.05) is 76.0 Å². The zero-order valence-corrected chi connectivity index (χ0v) is 10.4. The predicted octanol–water partition coefficient (Wildman–Crippen LogP) is 5.43. The molecule has 0 radical (unpaired) electrons. The van der Waals surface area contributed by atoms with Gasteiger partial charge in [0.2, 0.25) is 0 Å². The number of unbranched alkanes of at least 4 members (excludes halogenated alkanes) is 5. The van der Waals surface area contributed by atoms with Gasteiger partial charge >= 0.3 is 0 Å². The normalized spacial score (nSPS) is 12.4. The molecule has 0 heterocycles.